The van der Waals surface area contributed by atoms with Crippen molar-refractivity contribution >= 4 is 17.6 Å². The highest BCUT2D eigenvalue weighted by Crippen LogP contribution is 2.36. The van der Waals surface area contributed by atoms with Crippen molar-refractivity contribution in [3.8, 4) is 17.0 Å². The molecule has 3 heterocycles. The van der Waals surface area contributed by atoms with Crippen molar-refractivity contribution in [2.75, 3.05) is 49.7 Å². The second-order valence-electron chi connectivity index (χ2n) is 9.73. The first-order valence-electron chi connectivity index (χ1n) is 12.7. The van der Waals surface area contributed by atoms with E-state index in [-0.39, 0.29) is 17.8 Å². The molecule has 5 rings (SSSR count). The molecule has 188 valence electrons. The number of carboxylic acids is 1. The van der Waals surface area contributed by atoms with Gasteiger partial charge in [-0.1, -0.05) is 19.1 Å². The van der Waals surface area contributed by atoms with Crippen LogP contribution in [0.5, 0.6) is 5.88 Å². The molecule has 9 heteroatoms. The number of ether oxygens (including phenoxy) is 3. The van der Waals surface area contributed by atoms with Gasteiger partial charge in [0.2, 0.25) is 11.8 Å². The lowest BCUT2D eigenvalue weighted by Gasteiger charge is -2.29. The van der Waals surface area contributed by atoms with E-state index in [9.17, 15) is 9.90 Å². The second-order valence-corrected chi connectivity index (χ2v) is 9.73. The summed E-state index contributed by atoms with van der Waals surface area (Å²) in [6.45, 7) is 6.42. The fourth-order valence-corrected chi connectivity index (χ4v) is 5.02. The summed E-state index contributed by atoms with van der Waals surface area (Å²) in [5.74, 6) is 0.211. The molecule has 0 amide bonds. The molecule has 2 N–H and O–H groups in total. The summed E-state index contributed by atoms with van der Waals surface area (Å²) in [5.41, 5.74) is 2.14. The second kappa shape index (κ2) is 10.8. The molecule has 35 heavy (non-hydrogen) atoms. The predicted molar refractivity (Wildman–Crippen MR) is 132 cm³/mol. The molecule has 0 unspecified atom stereocenters. The first kappa shape index (κ1) is 23.8. The van der Waals surface area contributed by atoms with Crippen LogP contribution in [0.2, 0.25) is 0 Å². The van der Waals surface area contributed by atoms with E-state index in [1.807, 2.05) is 24.3 Å². The molecule has 2 saturated heterocycles. The van der Waals surface area contributed by atoms with Gasteiger partial charge in [0.25, 0.3) is 0 Å². The van der Waals surface area contributed by atoms with Gasteiger partial charge in [-0.3, -0.25) is 0 Å². The van der Waals surface area contributed by atoms with Crippen molar-refractivity contribution in [2.45, 2.75) is 51.2 Å². The van der Waals surface area contributed by atoms with Crippen molar-refractivity contribution in [3.63, 3.8) is 0 Å². The summed E-state index contributed by atoms with van der Waals surface area (Å²) in [6.07, 6.45) is 4.89. The van der Waals surface area contributed by atoms with Crippen molar-refractivity contribution in [3.05, 3.63) is 30.0 Å². The van der Waals surface area contributed by atoms with Crippen molar-refractivity contribution in [1.29, 1.82) is 0 Å². The number of benzene rings is 1. The first-order valence-corrected chi connectivity index (χ1v) is 12.7. The zero-order valence-corrected chi connectivity index (χ0v) is 20.2. The van der Waals surface area contributed by atoms with Gasteiger partial charge in [0.15, 0.2) is 5.69 Å². The van der Waals surface area contributed by atoms with Gasteiger partial charge in [-0.05, 0) is 49.3 Å². The molecule has 1 aromatic heterocycles. The molecule has 2 aliphatic heterocycles. The van der Waals surface area contributed by atoms with Crippen molar-refractivity contribution in [1.82, 2.24) is 9.97 Å². The number of morpholine rings is 1. The molecule has 0 radical (unpaired) electrons. The number of anilines is 2. The number of rotatable bonds is 7. The number of carbonyl (C=O) groups is 1. The van der Waals surface area contributed by atoms with E-state index in [1.165, 1.54) is 0 Å². The number of aromatic nitrogens is 2. The number of carboxylic acid groups (broad SMARTS) is 1. The van der Waals surface area contributed by atoms with E-state index in [0.29, 0.717) is 55.3 Å². The van der Waals surface area contributed by atoms with Crippen LogP contribution in [0.1, 0.15) is 49.5 Å². The molecule has 1 atom stereocenters. The monoisotopic (exact) mass is 482 g/mol. The molecule has 0 bridgehead atoms. The maximum atomic E-state index is 12.4. The van der Waals surface area contributed by atoms with Gasteiger partial charge in [-0.2, -0.15) is 4.98 Å². The van der Waals surface area contributed by atoms with Crippen LogP contribution in [0.15, 0.2) is 24.3 Å². The Bertz CT molecular complexity index is 1010. The van der Waals surface area contributed by atoms with Crippen LogP contribution in [0, 0.1) is 5.92 Å². The predicted octanol–water partition coefficient (Wildman–Crippen LogP) is 3.84. The Morgan fingerprint density at radius 1 is 1.03 bits per heavy atom. The largest absolute Gasteiger partial charge is 0.476 e. The Balaban J connectivity index is 1.48. The summed E-state index contributed by atoms with van der Waals surface area (Å²) in [7, 11) is 0. The van der Waals surface area contributed by atoms with E-state index in [4.69, 9.17) is 19.2 Å². The van der Waals surface area contributed by atoms with Crippen LogP contribution < -0.4 is 15.0 Å². The third-order valence-electron chi connectivity index (χ3n) is 7.13. The molecule has 1 saturated carbocycles. The fourth-order valence-electron chi connectivity index (χ4n) is 5.02. The fraction of sp³-hybridized carbons (Fsp3) is 0.577. The Kier molecular flexibility index (Phi) is 7.34. The highest BCUT2D eigenvalue weighted by molar-refractivity contribution is 5.96. The Hall–Kier alpha value is -2.91. The first-order chi connectivity index (χ1) is 17.1. The van der Waals surface area contributed by atoms with Crippen molar-refractivity contribution < 1.29 is 24.1 Å². The van der Waals surface area contributed by atoms with E-state index in [2.05, 4.69) is 22.1 Å². The average molecular weight is 483 g/mol. The summed E-state index contributed by atoms with van der Waals surface area (Å²) in [5, 5.41) is 13.5. The molecule has 0 spiro atoms. The number of hydrogen-bond donors (Lipinski definition) is 2. The molecule has 3 aliphatic rings. The number of hydrogen-bond acceptors (Lipinski definition) is 8. The minimum atomic E-state index is -1.10. The summed E-state index contributed by atoms with van der Waals surface area (Å²) in [4.78, 5) is 23.8. The molecular formula is C26H34N4O5. The minimum absolute atomic E-state index is 0.0558. The number of aromatic carboxylic acids is 1. The summed E-state index contributed by atoms with van der Waals surface area (Å²) in [6, 6.07) is 8.08. The Morgan fingerprint density at radius 3 is 2.43 bits per heavy atom. The molecule has 9 nitrogen and oxygen atoms in total. The maximum Gasteiger partial charge on any atom is 0.355 e. The topological polar surface area (TPSA) is 106 Å². The van der Waals surface area contributed by atoms with E-state index < -0.39 is 5.97 Å². The summed E-state index contributed by atoms with van der Waals surface area (Å²) < 4.78 is 17.2. The van der Waals surface area contributed by atoms with Crippen LogP contribution in [0.25, 0.3) is 11.1 Å². The smallest absolute Gasteiger partial charge is 0.355 e. The standard InChI is InChI=1S/C26H34N4O5/c1-17-2-6-19(7-3-17)27-26-28-23(25(31)32)22(24(29-26)35-21-10-13-34-16-21)18-4-8-20(9-5-18)30-11-14-33-15-12-30/h4-5,8-9,17,19,21H,2-3,6-7,10-16H2,1H3,(H,31,32)(H,27,28,29)/t17?,19?,21-/m0/s1. The van der Waals surface area contributed by atoms with Gasteiger partial charge in [-0.15, -0.1) is 0 Å². The molecule has 3 fully saturated rings. The van der Waals surface area contributed by atoms with Crippen LogP contribution in [-0.2, 0) is 9.47 Å². The minimum Gasteiger partial charge on any atom is -0.476 e. The lowest BCUT2D eigenvalue weighted by atomic mass is 9.87. The normalized spacial score (nSPS) is 24.8. The Labute approximate surface area is 205 Å². The van der Waals surface area contributed by atoms with Gasteiger partial charge in [0, 0.05) is 31.2 Å². The van der Waals surface area contributed by atoms with E-state index in [1.54, 1.807) is 0 Å². The van der Waals surface area contributed by atoms with Gasteiger partial charge < -0.3 is 29.5 Å². The third kappa shape index (κ3) is 5.67. The lowest BCUT2D eigenvalue weighted by Crippen LogP contribution is -2.36. The highest BCUT2D eigenvalue weighted by atomic mass is 16.5. The van der Waals surface area contributed by atoms with Gasteiger partial charge in [0.1, 0.15) is 6.10 Å². The van der Waals surface area contributed by atoms with Crippen LogP contribution in [0.4, 0.5) is 11.6 Å². The third-order valence-corrected chi connectivity index (χ3v) is 7.13. The molecule has 2 aromatic rings. The quantitative estimate of drug-likeness (QED) is 0.609. The van der Waals surface area contributed by atoms with Crippen molar-refractivity contribution in [2.24, 2.45) is 5.92 Å². The lowest BCUT2D eigenvalue weighted by molar-refractivity contribution is 0.0690. The number of nitrogens with zero attached hydrogens (tertiary/aromatic N) is 3. The van der Waals surface area contributed by atoms with Gasteiger partial charge >= 0.3 is 5.97 Å². The molecular weight excluding hydrogens is 448 g/mol. The maximum absolute atomic E-state index is 12.4. The zero-order chi connectivity index (χ0) is 24.2. The van der Waals surface area contributed by atoms with Crippen LogP contribution in [-0.4, -0.2) is 72.7 Å². The van der Waals surface area contributed by atoms with Crippen LogP contribution >= 0.6 is 0 Å². The van der Waals surface area contributed by atoms with E-state index >= 15 is 0 Å². The molecule has 1 aliphatic carbocycles. The average Bonchev–Trinajstić information content (AvgIpc) is 3.39. The van der Waals surface area contributed by atoms with Gasteiger partial charge in [-0.25, -0.2) is 9.78 Å². The Morgan fingerprint density at radius 2 is 1.77 bits per heavy atom. The SMILES string of the molecule is CC1CCC(Nc2nc(O[C@H]3CCOC3)c(-c3ccc(N4CCOCC4)cc3)c(C(=O)O)n2)CC1. The number of nitrogens with one attached hydrogen (secondary N) is 1. The zero-order valence-electron chi connectivity index (χ0n) is 20.2. The van der Waals surface area contributed by atoms with E-state index in [0.717, 1.165) is 50.9 Å². The molecule has 1 aromatic carbocycles. The van der Waals surface area contributed by atoms with Crippen LogP contribution in [0.3, 0.4) is 0 Å². The summed E-state index contributed by atoms with van der Waals surface area (Å²) >= 11 is 0. The highest BCUT2D eigenvalue weighted by Gasteiger charge is 2.28. The van der Waals surface area contributed by atoms with Gasteiger partial charge in [0.05, 0.1) is 32.0 Å².